The Labute approximate surface area is 87.7 Å². The molecule has 1 aromatic rings. The fraction of sp³-hybridized carbons (Fsp3) is 0.417. The molecule has 1 saturated carbocycles. The Hall–Kier alpha value is -1.38. The van der Waals surface area contributed by atoms with Crippen LogP contribution in [0.25, 0.3) is 0 Å². The molecule has 1 N–H and O–H groups in total. The van der Waals surface area contributed by atoms with Crippen molar-refractivity contribution in [3.8, 4) is 0 Å². The van der Waals surface area contributed by atoms with E-state index in [1.165, 1.54) is 0 Å². The van der Waals surface area contributed by atoms with E-state index in [9.17, 15) is 9.18 Å². The molecule has 1 aliphatic rings. The molecule has 0 bridgehead atoms. The summed E-state index contributed by atoms with van der Waals surface area (Å²) in [7, 11) is 0. The number of hydrogen-bond donors (Lipinski definition) is 1. The number of carboxylic acids is 1. The number of halogens is 1. The van der Waals surface area contributed by atoms with Gasteiger partial charge in [-0.1, -0.05) is 12.1 Å². The first kappa shape index (κ1) is 10.1. The molecule has 0 aliphatic heterocycles. The standard InChI is InChI=1S/C12H13FO2/c13-11-6-5-10(7-11)8-1-3-9(4-2-8)12(14)15/h1-4,10-11H,5-7H2,(H,14,15)/t10-,11-/m1/s1. The van der Waals surface area contributed by atoms with Crippen LogP contribution in [0.5, 0.6) is 0 Å². The van der Waals surface area contributed by atoms with Crippen LogP contribution in [0, 0.1) is 0 Å². The van der Waals surface area contributed by atoms with Gasteiger partial charge in [-0.25, -0.2) is 9.18 Å². The van der Waals surface area contributed by atoms with Gasteiger partial charge >= 0.3 is 5.97 Å². The molecule has 0 spiro atoms. The number of aromatic carboxylic acids is 1. The minimum Gasteiger partial charge on any atom is -0.478 e. The molecule has 15 heavy (non-hydrogen) atoms. The van der Waals surface area contributed by atoms with Crippen molar-refractivity contribution in [3.05, 3.63) is 35.4 Å². The van der Waals surface area contributed by atoms with Gasteiger partial charge < -0.3 is 5.11 Å². The summed E-state index contributed by atoms with van der Waals surface area (Å²) in [4.78, 5) is 10.6. The average molecular weight is 208 g/mol. The van der Waals surface area contributed by atoms with E-state index in [1.807, 2.05) is 0 Å². The first-order valence-electron chi connectivity index (χ1n) is 5.14. The number of carbonyl (C=O) groups is 1. The lowest BCUT2D eigenvalue weighted by molar-refractivity contribution is 0.0697. The molecule has 1 aliphatic carbocycles. The van der Waals surface area contributed by atoms with Crippen LogP contribution in [-0.4, -0.2) is 17.2 Å². The van der Waals surface area contributed by atoms with Crippen molar-refractivity contribution in [2.24, 2.45) is 0 Å². The van der Waals surface area contributed by atoms with E-state index in [0.29, 0.717) is 12.8 Å². The van der Waals surface area contributed by atoms with Crippen LogP contribution in [0.1, 0.15) is 41.1 Å². The predicted molar refractivity (Wildman–Crippen MR) is 54.9 cm³/mol. The van der Waals surface area contributed by atoms with Crippen molar-refractivity contribution in [2.45, 2.75) is 31.4 Å². The lowest BCUT2D eigenvalue weighted by Crippen LogP contribution is -1.98. The zero-order valence-corrected chi connectivity index (χ0v) is 8.32. The maximum Gasteiger partial charge on any atom is 0.335 e. The lowest BCUT2D eigenvalue weighted by Gasteiger charge is -2.09. The SMILES string of the molecule is O=C(O)c1ccc([C@@H]2CC[C@@H](F)C2)cc1. The average Bonchev–Trinajstić information content (AvgIpc) is 2.65. The number of alkyl halides is 1. The van der Waals surface area contributed by atoms with Crippen LogP contribution in [0.15, 0.2) is 24.3 Å². The maximum absolute atomic E-state index is 13.0. The minimum atomic E-state index is -0.920. The van der Waals surface area contributed by atoms with Gasteiger partial charge in [-0.05, 0) is 42.9 Å². The van der Waals surface area contributed by atoms with E-state index in [1.54, 1.807) is 24.3 Å². The monoisotopic (exact) mass is 208 g/mol. The Balaban J connectivity index is 2.13. The third kappa shape index (κ3) is 2.17. The third-order valence-electron chi connectivity index (χ3n) is 3.00. The second-order valence-electron chi connectivity index (χ2n) is 4.03. The van der Waals surface area contributed by atoms with Gasteiger partial charge in [-0.15, -0.1) is 0 Å². The molecule has 0 saturated heterocycles. The number of benzene rings is 1. The van der Waals surface area contributed by atoms with Gasteiger partial charge in [0, 0.05) is 0 Å². The van der Waals surface area contributed by atoms with Gasteiger partial charge in [-0.3, -0.25) is 0 Å². The molecule has 2 nitrogen and oxygen atoms in total. The summed E-state index contributed by atoms with van der Waals surface area (Å²) in [6.07, 6.45) is 1.39. The highest BCUT2D eigenvalue weighted by atomic mass is 19.1. The Bertz CT molecular complexity index is 358. The van der Waals surface area contributed by atoms with Crippen LogP contribution < -0.4 is 0 Å². The Morgan fingerprint density at radius 3 is 2.40 bits per heavy atom. The van der Waals surface area contributed by atoms with E-state index in [4.69, 9.17) is 5.11 Å². The maximum atomic E-state index is 13.0. The van der Waals surface area contributed by atoms with Crippen LogP contribution in [-0.2, 0) is 0 Å². The van der Waals surface area contributed by atoms with Crippen molar-refractivity contribution in [1.82, 2.24) is 0 Å². The molecule has 2 atom stereocenters. The number of carboxylic acid groups (broad SMARTS) is 1. The molecule has 0 aromatic heterocycles. The molecule has 2 rings (SSSR count). The topological polar surface area (TPSA) is 37.3 Å². The molecule has 1 fully saturated rings. The molecule has 0 radical (unpaired) electrons. The van der Waals surface area contributed by atoms with Crippen molar-refractivity contribution >= 4 is 5.97 Å². The first-order chi connectivity index (χ1) is 7.16. The molecule has 3 heteroatoms. The lowest BCUT2D eigenvalue weighted by atomic mass is 9.97. The van der Waals surface area contributed by atoms with Crippen LogP contribution >= 0.6 is 0 Å². The molecule has 80 valence electrons. The van der Waals surface area contributed by atoms with Gasteiger partial charge in [0.05, 0.1) is 5.56 Å². The molecular weight excluding hydrogens is 195 g/mol. The van der Waals surface area contributed by atoms with Crippen molar-refractivity contribution in [2.75, 3.05) is 0 Å². The van der Waals surface area contributed by atoms with E-state index >= 15 is 0 Å². The van der Waals surface area contributed by atoms with Crippen molar-refractivity contribution in [3.63, 3.8) is 0 Å². The van der Waals surface area contributed by atoms with E-state index in [2.05, 4.69) is 0 Å². The van der Waals surface area contributed by atoms with E-state index < -0.39 is 12.1 Å². The highest BCUT2D eigenvalue weighted by Crippen LogP contribution is 2.35. The van der Waals surface area contributed by atoms with Gasteiger partial charge in [0.2, 0.25) is 0 Å². The highest BCUT2D eigenvalue weighted by molar-refractivity contribution is 5.87. The Morgan fingerprint density at radius 1 is 1.27 bits per heavy atom. The smallest absolute Gasteiger partial charge is 0.335 e. The van der Waals surface area contributed by atoms with Crippen LogP contribution in [0.4, 0.5) is 4.39 Å². The quantitative estimate of drug-likeness (QED) is 0.811. The largest absolute Gasteiger partial charge is 0.478 e. The zero-order valence-electron chi connectivity index (χ0n) is 8.32. The molecule has 0 amide bonds. The molecule has 0 unspecified atom stereocenters. The van der Waals surface area contributed by atoms with Gasteiger partial charge in [0.15, 0.2) is 0 Å². The highest BCUT2D eigenvalue weighted by Gasteiger charge is 2.25. The van der Waals surface area contributed by atoms with Crippen molar-refractivity contribution in [1.29, 1.82) is 0 Å². The normalized spacial score (nSPS) is 25.4. The van der Waals surface area contributed by atoms with Gasteiger partial charge in [-0.2, -0.15) is 0 Å². The first-order valence-corrected chi connectivity index (χ1v) is 5.14. The summed E-state index contributed by atoms with van der Waals surface area (Å²) in [5.41, 5.74) is 1.34. The van der Waals surface area contributed by atoms with Gasteiger partial charge in [0.25, 0.3) is 0 Å². The zero-order chi connectivity index (χ0) is 10.8. The summed E-state index contributed by atoms with van der Waals surface area (Å²) >= 11 is 0. The Kier molecular flexibility index (Phi) is 2.71. The summed E-state index contributed by atoms with van der Waals surface area (Å²) in [5, 5.41) is 8.72. The predicted octanol–water partition coefficient (Wildman–Crippen LogP) is 2.99. The fourth-order valence-corrected chi connectivity index (χ4v) is 2.13. The minimum absolute atomic E-state index is 0.267. The number of rotatable bonds is 2. The van der Waals surface area contributed by atoms with E-state index in [0.717, 1.165) is 12.0 Å². The third-order valence-corrected chi connectivity index (χ3v) is 3.00. The summed E-state index contributed by atoms with van der Waals surface area (Å²) in [6.45, 7) is 0. The molecular formula is C12H13FO2. The van der Waals surface area contributed by atoms with Crippen molar-refractivity contribution < 1.29 is 14.3 Å². The van der Waals surface area contributed by atoms with Gasteiger partial charge in [0.1, 0.15) is 6.17 Å². The second-order valence-corrected chi connectivity index (χ2v) is 4.03. The van der Waals surface area contributed by atoms with Crippen LogP contribution in [0.2, 0.25) is 0 Å². The summed E-state index contributed by atoms with van der Waals surface area (Å²) < 4.78 is 13.0. The van der Waals surface area contributed by atoms with Crippen LogP contribution in [0.3, 0.4) is 0 Å². The molecule has 0 heterocycles. The number of hydrogen-bond acceptors (Lipinski definition) is 1. The molecule has 1 aromatic carbocycles. The summed E-state index contributed by atoms with van der Waals surface area (Å²) in [6, 6.07) is 6.77. The van der Waals surface area contributed by atoms with E-state index in [-0.39, 0.29) is 11.5 Å². The summed E-state index contributed by atoms with van der Waals surface area (Å²) in [5.74, 6) is -0.654. The fourth-order valence-electron chi connectivity index (χ4n) is 2.13. The Morgan fingerprint density at radius 2 is 1.93 bits per heavy atom. The second kappa shape index (κ2) is 4.01.